The van der Waals surface area contributed by atoms with Gasteiger partial charge in [-0.1, -0.05) is 22.9 Å². The maximum Gasteiger partial charge on any atom is 0.253 e. The predicted molar refractivity (Wildman–Crippen MR) is 76.5 cm³/mol. The number of nitrogens with two attached hydrogens (primary N) is 1. The number of amides is 1. The molecule has 0 spiro atoms. The van der Waals surface area contributed by atoms with Gasteiger partial charge in [-0.05, 0) is 43.0 Å². The average molecular weight is 311 g/mol. The van der Waals surface area contributed by atoms with Crippen molar-refractivity contribution in [3.63, 3.8) is 0 Å². The van der Waals surface area contributed by atoms with Crippen molar-refractivity contribution in [3.8, 4) is 0 Å². The Hall–Kier alpha value is -0.870. The van der Waals surface area contributed by atoms with E-state index >= 15 is 0 Å². The van der Waals surface area contributed by atoms with Gasteiger partial charge in [0, 0.05) is 29.2 Å². The Morgan fingerprint density at radius 2 is 2.17 bits per heavy atom. The van der Waals surface area contributed by atoms with Crippen LogP contribution in [0.25, 0.3) is 0 Å². The minimum atomic E-state index is 0.109. The Labute approximate surface area is 116 Å². The van der Waals surface area contributed by atoms with Crippen molar-refractivity contribution in [2.24, 2.45) is 11.7 Å². The number of piperidine rings is 1. The first-order valence-electron chi connectivity index (χ1n) is 6.29. The Morgan fingerprint density at radius 1 is 1.44 bits per heavy atom. The van der Waals surface area contributed by atoms with Crippen LogP contribution in [0.4, 0.5) is 0 Å². The van der Waals surface area contributed by atoms with Gasteiger partial charge >= 0.3 is 0 Å². The van der Waals surface area contributed by atoms with Crippen LogP contribution in [0.5, 0.6) is 0 Å². The Morgan fingerprint density at radius 3 is 2.78 bits per heavy atom. The lowest BCUT2D eigenvalue weighted by atomic mass is 9.94. The molecule has 1 fully saturated rings. The quantitative estimate of drug-likeness (QED) is 0.866. The molecule has 4 heteroatoms. The highest BCUT2D eigenvalue weighted by atomic mass is 79.9. The van der Waals surface area contributed by atoms with Crippen LogP contribution >= 0.6 is 15.9 Å². The zero-order chi connectivity index (χ0) is 13.3. The summed E-state index contributed by atoms with van der Waals surface area (Å²) >= 11 is 3.44. The van der Waals surface area contributed by atoms with Gasteiger partial charge in [-0.25, -0.2) is 0 Å². The smallest absolute Gasteiger partial charge is 0.253 e. The van der Waals surface area contributed by atoms with E-state index in [1.54, 1.807) is 0 Å². The monoisotopic (exact) mass is 310 g/mol. The standard InChI is InChI=1S/C14H19BrN2O/c1-9-5-11(7-12(15)6-9)14(18)17-4-3-13(16)10(2)8-17/h5-7,10,13H,3-4,8,16H2,1-2H3. The number of carbonyl (C=O) groups is 1. The van der Waals surface area contributed by atoms with E-state index in [0.717, 1.165) is 35.1 Å². The van der Waals surface area contributed by atoms with Crippen molar-refractivity contribution in [1.82, 2.24) is 4.90 Å². The van der Waals surface area contributed by atoms with Gasteiger partial charge in [-0.15, -0.1) is 0 Å². The van der Waals surface area contributed by atoms with Gasteiger partial charge in [0.2, 0.25) is 0 Å². The van der Waals surface area contributed by atoms with Gasteiger partial charge in [-0.2, -0.15) is 0 Å². The molecule has 18 heavy (non-hydrogen) atoms. The van der Waals surface area contributed by atoms with E-state index in [2.05, 4.69) is 22.9 Å². The van der Waals surface area contributed by atoms with Crippen molar-refractivity contribution in [1.29, 1.82) is 0 Å². The summed E-state index contributed by atoms with van der Waals surface area (Å²) in [4.78, 5) is 14.3. The van der Waals surface area contributed by atoms with Crippen LogP contribution < -0.4 is 5.73 Å². The van der Waals surface area contributed by atoms with Crippen molar-refractivity contribution >= 4 is 21.8 Å². The number of likely N-dealkylation sites (tertiary alicyclic amines) is 1. The number of hydrogen-bond donors (Lipinski definition) is 1. The number of rotatable bonds is 1. The molecular weight excluding hydrogens is 292 g/mol. The highest BCUT2D eigenvalue weighted by Crippen LogP contribution is 2.20. The third-order valence-corrected chi connectivity index (χ3v) is 4.01. The maximum atomic E-state index is 12.4. The van der Waals surface area contributed by atoms with Crippen molar-refractivity contribution in [2.45, 2.75) is 26.3 Å². The minimum Gasteiger partial charge on any atom is -0.338 e. The van der Waals surface area contributed by atoms with Crippen LogP contribution in [0, 0.1) is 12.8 Å². The lowest BCUT2D eigenvalue weighted by molar-refractivity contribution is 0.0664. The molecule has 0 aliphatic carbocycles. The maximum absolute atomic E-state index is 12.4. The highest BCUT2D eigenvalue weighted by Gasteiger charge is 2.26. The Kier molecular flexibility index (Phi) is 4.07. The second kappa shape index (κ2) is 5.41. The molecular formula is C14H19BrN2O. The molecule has 2 rings (SSSR count). The lowest BCUT2D eigenvalue weighted by Crippen LogP contribution is -2.48. The fourth-order valence-corrected chi connectivity index (χ4v) is 3.00. The van der Waals surface area contributed by atoms with E-state index in [1.165, 1.54) is 0 Å². The Balaban J connectivity index is 2.16. The van der Waals surface area contributed by atoms with Gasteiger partial charge < -0.3 is 10.6 Å². The van der Waals surface area contributed by atoms with Crippen LogP contribution in [0.3, 0.4) is 0 Å². The number of hydrogen-bond acceptors (Lipinski definition) is 2. The summed E-state index contributed by atoms with van der Waals surface area (Å²) in [5.74, 6) is 0.481. The highest BCUT2D eigenvalue weighted by molar-refractivity contribution is 9.10. The zero-order valence-corrected chi connectivity index (χ0v) is 12.4. The molecule has 0 saturated carbocycles. The normalized spacial score (nSPS) is 24.1. The van der Waals surface area contributed by atoms with Gasteiger partial charge in [0.15, 0.2) is 0 Å². The number of carbonyl (C=O) groups excluding carboxylic acids is 1. The summed E-state index contributed by atoms with van der Waals surface area (Å²) in [5, 5.41) is 0. The first kappa shape index (κ1) is 13.6. The molecule has 1 aromatic rings. The SMILES string of the molecule is Cc1cc(Br)cc(C(=O)N2CCC(N)C(C)C2)c1. The van der Waals surface area contributed by atoms with Gasteiger partial charge in [0.05, 0.1) is 0 Å². The van der Waals surface area contributed by atoms with E-state index in [-0.39, 0.29) is 11.9 Å². The summed E-state index contributed by atoms with van der Waals surface area (Å²) in [6, 6.07) is 6.05. The van der Waals surface area contributed by atoms with Crippen LogP contribution in [0.1, 0.15) is 29.3 Å². The van der Waals surface area contributed by atoms with Gasteiger partial charge in [0.25, 0.3) is 5.91 Å². The molecule has 1 heterocycles. The number of benzene rings is 1. The van der Waals surface area contributed by atoms with E-state index < -0.39 is 0 Å². The molecule has 1 aliphatic heterocycles. The van der Waals surface area contributed by atoms with E-state index in [9.17, 15) is 4.79 Å². The molecule has 1 amide bonds. The van der Waals surface area contributed by atoms with Gasteiger partial charge in [-0.3, -0.25) is 4.79 Å². The summed E-state index contributed by atoms with van der Waals surface area (Å²) in [6.07, 6.45) is 0.889. The van der Waals surface area contributed by atoms with E-state index in [0.29, 0.717) is 5.92 Å². The third-order valence-electron chi connectivity index (χ3n) is 3.55. The van der Waals surface area contributed by atoms with E-state index in [4.69, 9.17) is 5.73 Å². The summed E-state index contributed by atoms with van der Waals surface area (Å²) in [7, 11) is 0. The molecule has 0 aromatic heterocycles. The molecule has 1 saturated heterocycles. The molecule has 2 atom stereocenters. The van der Waals surface area contributed by atoms with Crippen molar-refractivity contribution < 1.29 is 4.79 Å². The fourth-order valence-electron chi connectivity index (χ4n) is 2.39. The summed E-state index contributed by atoms with van der Waals surface area (Å²) in [5.41, 5.74) is 7.83. The van der Waals surface area contributed by atoms with Crippen LogP contribution in [-0.4, -0.2) is 29.9 Å². The molecule has 2 unspecified atom stereocenters. The molecule has 1 aromatic carbocycles. The molecule has 98 valence electrons. The molecule has 3 nitrogen and oxygen atoms in total. The summed E-state index contributed by atoms with van der Waals surface area (Å²) in [6.45, 7) is 5.62. The van der Waals surface area contributed by atoms with E-state index in [1.807, 2.05) is 30.0 Å². The third kappa shape index (κ3) is 2.93. The number of nitrogens with zero attached hydrogens (tertiary/aromatic N) is 1. The zero-order valence-electron chi connectivity index (χ0n) is 10.8. The van der Waals surface area contributed by atoms with Crippen LogP contribution in [0.15, 0.2) is 22.7 Å². The average Bonchev–Trinajstić information content (AvgIpc) is 2.30. The fraction of sp³-hybridized carbons (Fsp3) is 0.500. The number of aryl methyl sites for hydroxylation is 1. The summed E-state index contributed by atoms with van der Waals surface area (Å²) < 4.78 is 0.951. The van der Waals surface area contributed by atoms with Crippen LogP contribution in [0.2, 0.25) is 0 Å². The topological polar surface area (TPSA) is 46.3 Å². The minimum absolute atomic E-state index is 0.109. The van der Waals surface area contributed by atoms with Crippen molar-refractivity contribution in [3.05, 3.63) is 33.8 Å². The molecule has 2 N–H and O–H groups in total. The first-order chi connectivity index (χ1) is 8.47. The predicted octanol–water partition coefficient (Wildman–Crippen LogP) is 2.57. The Bertz CT molecular complexity index is 441. The van der Waals surface area contributed by atoms with Gasteiger partial charge in [0.1, 0.15) is 0 Å². The first-order valence-corrected chi connectivity index (χ1v) is 7.08. The second-order valence-electron chi connectivity index (χ2n) is 5.20. The largest absolute Gasteiger partial charge is 0.338 e. The molecule has 1 aliphatic rings. The second-order valence-corrected chi connectivity index (χ2v) is 6.11. The number of halogens is 1. The lowest BCUT2D eigenvalue weighted by Gasteiger charge is -2.35. The molecule has 0 radical (unpaired) electrons. The molecule has 0 bridgehead atoms. The van der Waals surface area contributed by atoms with Crippen LogP contribution in [-0.2, 0) is 0 Å². The van der Waals surface area contributed by atoms with Crippen molar-refractivity contribution in [2.75, 3.05) is 13.1 Å².